The van der Waals surface area contributed by atoms with E-state index in [2.05, 4.69) is 49.6 Å². The van der Waals surface area contributed by atoms with Crippen molar-refractivity contribution < 1.29 is 0 Å². The lowest BCUT2D eigenvalue weighted by Gasteiger charge is -2.14. The number of nitrogens with zero attached hydrogens (tertiary/aromatic N) is 8. The summed E-state index contributed by atoms with van der Waals surface area (Å²) >= 11 is 0. The van der Waals surface area contributed by atoms with Gasteiger partial charge >= 0.3 is 0 Å². The Hall–Kier alpha value is -4.92. The molecular formula is C26H21N9. The summed E-state index contributed by atoms with van der Waals surface area (Å²) < 4.78 is 3.67. The molecule has 6 aromatic rings. The first-order valence-electron chi connectivity index (χ1n) is 11.2. The molecule has 0 saturated carbocycles. The van der Waals surface area contributed by atoms with E-state index in [4.69, 9.17) is 4.98 Å². The lowest BCUT2D eigenvalue weighted by molar-refractivity contribution is 0.804. The Kier molecular flexibility index (Phi) is 5.19. The first-order valence-corrected chi connectivity index (χ1v) is 11.2. The van der Waals surface area contributed by atoms with E-state index in [9.17, 15) is 0 Å². The Bertz CT molecular complexity index is 1590. The van der Waals surface area contributed by atoms with Crippen LogP contribution in [0.5, 0.6) is 0 Å². The fourth-order valence-electron chi connectivity index (χ4n) is 3.91. The third kappa shape index (κ3) is 4.10. The zero-order valence-electron chi connectivity index (χ0n) is 18.9. The first-order chi connectivity index (χ1) is 17.2. The van der Waals surface area contributed by atoms with E-state index in [1.807, 2.05) is 71.4 Å². The van der Waals surface area contributed by atoms with Crippen molar-refractivity contribution in [3.05, 3.63) is 103 Å². The summed E-state index contributed by atoms with van der Waals surface area (Å²) in [6, 6.07) is 23.8. The Balaban J connectivity index is 1.32. The van der Waals surface area contributed by atoms with Crippen LogP contribution in [0.15, 0.2) is 97.7 Å². The number of benzene rings is 2. The number of hydrogen-bond donors (Lipinski definition) is 1. The summed E-state index contributed by atoms with van der Waals surface area (Å²) in [5, 5.41) is 11.9. The molecule has 170 valence electrons. The number of imidazole rings is 1. The summed E-state index contributed by atoms with van der Waals surface area (Å²) in [6.07, 6.45) is 7.11. The maximum absolute atomic E-state index is 4.73. The number of rotatable bonds is 6. The minimum absolute atomic E-state index is 0.0678. The molecule has 1 N–H and O–H groups in total. The monoisotopic (exact) mass is 459 g/mol. The predicted molar refractivity (Wildman–Crippen MR) is 133 cm³/mol. The molecular weight excluding hydrogens is 438 g/mol. The smallest absolute Gasteiger partial charge is 0.225 e. The third-order valence-electron chi connectivity index (χ3n) is 5.75. The van der Waals surface area contributed by atoms with Gasteiger partial charge in [0.1, 0.15) is 17.8 Å². The highest BCUT2D eigenvalue weighted by Gasteiger charge is 2.12. The topological polar surface area (TPSA) is 99.2 Å². The van der Waals surface area contributed by atoms with Crippen LogP contribution in [0.3, 0.4) is 0 Å². The van der Waals surface area contributed by atoms with Crippen molar-refractivity contribution in [2.24, 2.45) is 0 Å². The highest BCUT2D eigenvalue weighted by molar-refractivity contribution is 5.79. The minimum Gasteiger partial charge on any atom is -0.348 e. The van der Waals surface area contributed by atoms with Gasteiger partial charge in [0.25, 0.3) is 0 Å². The number of nitrogens with one attached hydrogen (secondary N) is 1. The molecule has 0 spiro atoms. The second-order valence-electron chi connectivity index (χ2n) is 8.07. The predicted octanol–water partition coefficient (Wildman–Crippen LogP) is 4.63. The van der Waals surface area contributed by atoms with Crippen molar-refractivity contribution in [2.45, 2.75) is 13.0 Å². The van der Waals surface area contributed by atoms with E-state index in [0.29, 0.717) is 11.6 Å². The van der Waals surface area contributed by atoms with Crippen LogP contribution in [0.4, 0.5) is 5.95 Å². The van der Waals surface area contributed by atoms with Crippen LogP contribution in [-0.2, 0) is 0 Å². The van der Waals surface area contributed by atoms with Gasteiger partial charge in [-0.05, 0) is 48.9 Å². The molecule has 0 aliphatic rings. The van der Waals surface area contributed by atoms with E-state index < -0.39 is 0 Å². The van der Waals surface area contributed by atoms with Crippen molar-refractivity contribution in [2.75, 3.05) is 5.32 Å². The van der Waals surface area contributed by atoms with Crippen LogP contribution < -0.4 is 5.32 Å². The van der Waals surface area contributed by atoms with Crippen molar-refractivity contribution in [3.8, 4) is 22.9 Å². The highest BCUT2D eigenvalue weighted by Crippen LogP contribution is 2.23. The van der Waals surface area contributed by atoms with Crippen LogP contribution in [0.1, 0.15) is 18.5 Å². The number of aromatic nitrogens is 8. The van der Waals surface area contributed by atoms with Gasteiger partial charge in [-0.15, -0.1) is 5.10 Å². The molecule has 6 rings (SSSR count). The summed E-state index contributed by atoms with van der Waals surface area (Å²) in [6.45, 7) is 2.08. The SMILES string of the molecule is C[C@H](Nc1nccc(-n2cnc3ccc(-n4cc(-c5ccccn5)nn4)cc32)n1)c1ccccc1. The lowest BCUT2D eigenvalue weighted by atomic mass is 10.1. The molecule has 1 atom stereocenters. The van der Waals surface area contributed by atoms with Crippen molar-refractivity contribution in [1.29, 1.82) is 0 Å². The van der Waals surface area contributed by atoms with Gasteiger partial charge in [0, 0.05) is 12.4 Å². The van der Waals surface area contributed by atoms with E-state index >= 15 is 0 Å². The Morgan fingerprint density at radius 3 is 2.57 bits per heavy atom. The van der Waals surface area contributed by atoms with E-state index in [1.165, 1.54) is 0 Å². The summed E-state index contributed by atoms with van der Waals surface area (Å²) in [5.74, 6) is 1.27. The highest BCUT2D eigenvalue weighted by atomic mass is 15.4. The quantitative estimate of drug-likeness (QED) is 0.388. The van der Waals surface area contributed by atoms with E-state index in [1.54, 1.807) is 23.4 Å². The summed E-state index contributed by atoms with van der Waals surface area (Å²) in [5.41, 5.74) is 5.26. The lowest BCUT2D eigenvalue weighted by Crippen LogP contribution is -2.10. The molecule has 35 heavy (non-hydrogen) atoms. The largest absolute Gasteiger partial charge is 0.348 e. The van der Waals surface area contributed by atoms with Gasteiger partial charge in [-0.3, -0.25) is 9.55 Å². The summed E-state index contributed by atoms with van der Waals surface area (Å²) in [4.78, 5) is 18.0. The molecule has 9 heteroatoms. The van der Waals surface area contributed by atoms with Gasteiger partial charge in [0.05, 0.1) is 34.7 Å². The van der Waals surface area contributed by atoms with Gasteiger partial charge in [0.15, 0.2) is 0 Å². The minimum atomic E-state index is 0.0678. The Morgan fingerprint density at radius 1 is 0.829 bits per heavy atom. The molecule has 0 amide bonds. The van der Waals surface area contributed by atoms with Crippen LogP contribution in [-0.4, -0.2) is 39.5 Å². The molecule has 2 aromatic carbocycles. The zero-order chi connectivity index (χ0) is 23.6. The van der Waals surface area contributed by atoms with Gasteiger partial charge in [-0.2, -0.15) is 4.98 Å². The number of fused-ring (bicyclic) bond motifs is 1. The molecule has 0 bridgehead atoms. The molecule has 4 heterocycles. The van der Waals surface area contributed by atoms with Gasteiger partial charge in [-0.25, -0.2) is 14.6 Å². The van der Waals surface area contributed by atoms with E-state index in [0.717, 1.165) is 33.8 Å². The number of pyridine rings is 1. The maximum Gasteiger partial charge on any atom is 0.225 e. The van der Waals surface area contributed by atoms with Crippen LogP contribution in [0, 0.1) is 0 Å². The third-order valence-corrected chi connectivity index (χ3v) is 5.75. The van der Waals surface area contributed by atoms with Crippen molar-refractivity contribution >= 4 is 17.0 Å². The molecule has 0 aliphatic heterocycles. The Morgan fingerprint density at radius 2 is 1.71 bits per heavy atom. The maximum atomic E-state index is 4.73. The second kappa shape index (κ2) is 8.79. The van der Waals surface area contributed by atoms with Gasteiger partial charge < -0.3 is 5.32 Å². The number of hydrogen-bond acceptors (Lipinski definition) is 7. The molecule has 0 unspecified atom stereocenters. The van der Waals surface area contributed by atoms with E-state index in [-0.39, 0.29) is 6.04 Å². The average Bonchev–Trinajstić information content (AvgIpc) is 3.57. The van der Waals surface area contributed by atoms with Crippen molar-refractivity contribution in [1.82, 2.24) is 39.5 Å². The van der Waals surface area contributed by atoms with Crippen LogP contribution in [0.2, 0.25) is 0 Å². The molecule has 4 aromatic heterocycles. The standard InChI is InChI=1S/C26H21N9/c1-18(19-7-3-2-4-8-19)30-26-28-14-12-25(31-26)34-17-29-22-11-10-20(15-24(22)34)35-16-23(32-33-35)21-9-5-6-13-27-21/h2-18H,1H3,(H,28,30,31)/t18-/m0/s1. The molecule has 0 saturated heterocycles. The van der Waals surface area contributed by atoms with Gasteiger partial charge in [0.2, 0.25) is 5.95 Å². The van der Waals surface area contributed by atoms with Gasteiger partial charge in [-0.1, -0.05) is 41.6 Å². The fourth-order valence-corrected chi connectivity index (χ4v) is 3.91. The number of anilines is 1. The normalized spacial score (nSPS) is 12.0. The van der Waals surface area contributed by atoms with Crippen molar-refractivity contribution in [3.63, 3.8) is 0 Å². The molecule has 0 aliphatic carbocycles. The molecule has 9 nitrogen and oxygen atoms in total. The first kappa shape index (κ1) is 20.7. The molecule has 0 fully saturated rings. The second-order valence-corrected chi connectivity index (χ2v) is 8.07. The average molecular weight is 460 g/mol. The van der Waals surface area contributed by atoms with Crippen LogP contribution in [0.25, 0.3) is 33.9 Å². The summed E-state index contributed by atoms with van der Waals surface area (Å²) in [7, 11) is 0. The Labute approximate surface area is 201 Å². The molecule has 0 radical (unpaired) electrons. The fraction of sp³-hybridized carbons (Fsp3) is 0.0769. The van der Waals surface area contributed by atoms with Crippen LogP contribution >= 0.6 is 0 Å². The zero-order valence-corrected chi connectivity index (χ0v) is 18.9.